The molecular formula is C16H14N2. The van der Waals surface area contributed by atoms with E-state index in [1.807, 2.05) is 55.5 Å². The van der Waals surface area contributed by atoms with Crippen LogP contribution in [0, 0.1) is 29.6 Å². The van der Waals surface area contributed by atoms with Crippen molar-refractivity contribution < 1.29 is 0 Å². The third-order valence-corrected chi connectivity index (χ3v) is 2.27. The molecule has 0 N–H and O–H groups in total. The molecule has 0 unspecified atom stereocenters. The van der Waals surface area contributed by atoms with Crippen LogP contribution in [0.1, 0.15) is 16.7 Å². The van der Waals surface area contributed by atoms with Gasteiger partial charge >= 0.3 is 0 Å². The van der Waals surface area contributed by atoms with E-state index in [0.717, 1.165) is 16.7 Å². The molecule has 0 saturated carbocycles. The Morgan fingerprint density at radius 3 is 2.17 bits per heavy atom. The predicted octanol–water partition coefficient (Wildman–Crippen LogP) is 3.62. The van der Waals surface area contributed by atoms with Gasteiger partial charge in [-0.3, -0.25) is 0 Å². The van der Waals surface area contributed by atoms with Gasteiger partial charge in [0.05, 0.1) is 24.1 Å². The lowest BCUT2D eigenvalue weighted by Gasteiger charge is -1.88. The summed E-state index contributed by atoms with van der Waals surface area (Å²) >= 11 is 0. The topological polar surface area (TPSA) is 47.6 Å². The Hall–Kier alpha value is -2.58. The van der Waals surface area contributed by atoms with Gasteiger partial charge in [-0.05, 0) is 30.2 Å². The Morgan fingerprint density at radius 2 is 1.67 bits per heavy atom. The van der Waals surface area contributed by atoms with Gasteiger partial charge in [0.1, 0.15) is 0 Å². The van der Waals surface area contributed by atoms with Crippen molar-refractivity contribution in [3.63, 3.8) is 0 Å². The summed E-state index contributed by atoms with van der Waals surface area (Å²) in [5, 5.41) is 16.7. The Kier molecular flexibility index (Phi) is 5.73. The fourth-order valence-electron chi connectivity index (χ4n) is 1.40. The van der Waals surface area contributed by atoms with E-state index in [1.54, 1.807) is 6.07 Å². The first-order valence-corrected chi connectivity index (χ1v) is 5.64. The predicted molar refractivity (Wildman–Crippen MR) is 71.7 cm³/mol. The molecule has 0 amide bonds. The largest absolute Gasteiger partial charge is 0.198 e. The van der Waals surface area contributed by atoms with Gasteiger partial charge in [0.15, 0.2) is 0 Å². The highest BCUT2D eigenvalue weighted by atomic mass is 14.2. The summed E-state index contributed by atoms with van der Waals surface area (Å²) in [5.74, 6) is 0. The summed E-state index contributed by atoms with van der Waals surface area (Å²) in [6.07, 6.45) is 0.515. The van der Waals surface area contributed by atoms with Gasteiger partial charge < -0.3 is 0 Å². The van der Waals surface area contributed by atoms with Crippen molar-refractivity contribution in [2.75, 3.05) is 0 Å². The van der Waals surface area contributed by atoms with Crippen molar-refractivity contribution >= 4 is 0 Å². The highest BCUT2D eigenvalue weighted by Gasteiger charge is 1.86. The average Bonchev–Trinajstić information content (AvgIpc) is 2.41. The number of rotatable bonds is 1. The smallest absolute Gasteiger partial charge is 0.0991 e. The summed E-state index contributed by atoms with van der Waals surface area (Å²) in [6.45, 7) is 1.97. The van der Waals surface area contributed by atoms with Gasteiger partial charge in [-0.25, -0.2) is 0 Å². The number of nitriles is 2. The maximum Gasteiger partial charge on any atom is 0.0991 e. The van der Waals surface area contributed by atoms with Crippen LogP contribution in [0.25, 0.3) is 0 Å². The van der Waals surface area contributed by atoms with Gasteiger partial charge in [-0.2, -0.15) is 10.5 Å². The second kappa shape index (κ2) is 7.65. The minimum absolute atomic E-state index is 0.515. The molecule has 0 fully saturated rings. The maximum atomic E-state index is 8.41. The van der Waals surface area contributed by atoms with Gasteiger partial charge in [-0.15, -0.1) is 0 Å². The van der Waals surface area contributed by atoms with E-state index in [9.17, 15) is 0 Å². The second-order valence-corrected chi connectivity index (χ2v) is 3.80. The Bertz CT molecular complexity index is 560. The Balaban J connectivity index is 0.000000180. The van der Waals surface area contributed by atoms with E-state index < -0.39 is 0 Å². The van der Waals surface area contributed by atoms with Crippen molar-refractivity contribution in [1.29, 1.82) is 10.5 Å². The first-order valence-electron chi connectivity index (χ1n) is 5.64. The summed E-state index contributed by atoms with van der Waals surface area (Å²) in [5.41, 5.74) is 2.95. The molecule has 0 bridgehead atoms. The van der Waals surface area contributed by atoms with Crippen LogP contribution in [-0.4, -0.2) is 0 Å². The molecule has 0 heterocycles. The van der Waals surface area contributed by atoms with Crippen LogP contribution in [0.5, 0.6) is 0 Å². The maximum absolute atomic E-state index is 8.41. The molecule has 0 aliphatic carbocycles. The lowest BCUT2D eigenvalue weighted by molar-refractivity contribution is 1.26. The molecule has 0 aromatic heterocycles. The molecule has 88 valence electrons. The first kappa shape index (κ1) is 13.5. The standard InChI is InChI=1S/2C8H7N/c1-7-3-2-4-8(5-7)6-9;9-7-6-8-4-2-1-3-5-8/h2-5H,1H3;1-5H,6H2. The van der Waals surface area contributed by atoms with Gasteiger partial charge in [0.2, 0.25) is 0 Å². The zero-order valence-electron chi connectivity index (χ0n) is 10.3. The van der Waals surface area contributed by atoms with Crippen LogP contribution in [0.3, 0.4) is 0 Å². The molecule has 2 nitrogen and oxygen atoms in total. The van der Waals surface area contributed by atoms with Gasteiger partial charge in [0.25, 0.3) is 0 Å². The van der Waals surface area contributed by atoms with Crippen molar-refractivity contribution in [3.8, 4) is 12.1 Å². The molecule has 2 aromatic rings. The van der Waals surface area contributed by atoms with E-state index in [2.05, 4.69) is 12.1 Å². The lowest BCUT2D eigenvalue weighted by Crippen LogP contribution is -1.76. The lowest BCUT2D eigenvalue weighted by atomic mass is 10.2. The second-order valence-electron chi connectivity index (χ2n) is 3.80. The third-order valence-electron chi connectivity index (χ3n) is 2.27. The SMILES string of the molecule is Cc1cccc(C#N)c1.N#CCc1ccccc1. The van der Waals surface area contributed by atoms with Crippen LogP contribution in [0.15, 0.2) is 54.6 Å². The molecule has 0 saturated heterocycles. The number of hydrogen-bond acceptors (Lipinski definition) is 2. The van der Waals surface area contributed by atoms with E-state index in [-0.39, 0.29) is 0 Å². The van der Waals surface area contributed by atoms with Crippen LogP contribution < -0.4 is 0 Å². The first-order chi connectivity index (χ1) is 8.76. The fourth-order valence-corrected chi connectivity index (χ4v) is 1.40. The highest BCUT2D eigenvalue weighted by molar-refractivity contribution is 5.31. The molecule has 0 aliphatic rings. The van der Waals surface area contributed by atoms with Crippen molar-refractivity contribution in [2.24, 2.45) is 0 Å². The average molecular weight is 234 g/mol. The summed E-state index contributed by atoms with van der Waals surface area (Å²) in [6, 6.07) is 21.4. The molecule has 0 spiro atoms. The molecule has 2 rings (SSSR count). The van der Waals surface area contributed by atoms with Crippen LogP contribution >= 0.6 is 0 Å². The van der Waals surface area contributed by atoms with E-state index >= 15 is 0 Å². The Morgan fingerprint density at radius 1 is 0.944 bits per heavy atom. The minimum atomic E-state index is 0.515. The number of nitrogens with zero attached hydrogens (tertiary/aromatic N) is 2. The molecule has 0 radical (unpaired) electrons. The highest BCUT2D eigenvalue weighted by Crippen LogP contribution is 2.00. The zero-order chi connectivity index (χ0) is 13.2. The summed E-state index contributed by atoms with van der Waals surface area (Å²) < 4.78 is 0. The van der Waals surface area contributed by atoms with Gasteiger partial charge in [0, 0.05) is 0 Å². The third kappa shape index (κ3) is 4.96. The van der Waals surface area contributed by atoms with Crippen molar-refractivity contribution in [1.82, 2.24) is 0 Å². The number of benzene rings is 2. The normalized spacial score (nSPS) is 8.39. The van der Waals surface area contributed by atoms with Crippen LogP contribution in [0.4, 0.5) is 0 Å². The van der Waals surface area contributed by atoms with Gasteiger partial charge in [-0.1, -0.05) is 42.5 Å². The monoisotopic (exact) mass is 234 g/mol. The number of hydrogen-bond donors (Lipinski definition) is 0. The molecule has 0 aliphatic heterocycles. The zero-order valence-corrected chi connectivity index (χ0v) is 10.3. The van der Waals surface area contributed by atoms with E-state index in [4.69, 9.17) is 10.5 Å². The molecule has 2 aromatic carbocycles. The van der Waals surface area contributed by atoms with Crippen molar-refractivity contribution in [3.05, 3.63) is 71.3 Å². The molecular weight excluding hydrogens is 220 g/mol. The fraction of sp³-hybridized carbons (Fsp3) is 0.125. The molecule has 2 heteroatoms. The van der Waals surface area contributed by atoms with Crippen LogP contribution in [-0.2, 0) is 6.42 Å². The summed E-state index contributed by atoms with van der Waals surface area (Å²) in [7, 11) is 0. The Labute approximate surface area is 108 Å². The molecule has 18 heavy (non-hydrogen) atoms. The summed E-state index contributed by atoms with van der Waals surface area (Å²) in [4.78, 5) is 0. The van der Waals surface area contributed by atoms with E-state index in [1.165, 1.54) is 0 Å². The quantitative estimate of drug-likeness (QED) is 0.756. The van der Waals surface area contributed by atoms with E-state index in [0.29, 0.717) is 6.42 Å². The van der Waals surface area contributed by atoms with Crippen molar-refractivity contribution in [2.45, 2.75) is 13.3 Å². The van der Waals surface area contributed by atoms with Crippen LogP contribution in [0.2, 0.25) is 0 Å². The molecule has 0 atom stereocenters. The number of aryl methyl sites for hydroxylation is 1. The minimum Gasteiger partial charge on any atom is -0.198 e.